The molecule has 0 heterocycles. The monoisotopic (exact) mass is 203 g/mol. The summed E-state index contributed by atoms with van der Waals surface area (Å²) in [6.07, 6.45) is 1.25. The molecule has 0 rings (SSSR count). The van der Waals surface area contributed by atoms with Crippen molar-refractivity contribution in [2.45, 2.75) is 25.5 Å². The summed E-state index contributed by atoms with van der Waals surface area (Å²) < 4.78 is 21.8. The van der Waals surface area contributed by atoms with Crippen LogP contribution in [0.2, 0.25) is 0 Å². The normalized spacial score (nSPS) is 12.0. The third-order valence-electron chi connectivity index (χ3n) is 1.94. The summed E-state index contributed by atoms with van der Waals surface area (Å²) in [6.45, 7) is 6.13. The minimum atomic E-state index is -3.00. The van der Waals surface area contributed by atoms with E-state index < -0.39 is 14.6 Å². The molecule has 0 unspecified atom stereocenters. The van der Waals surface area contributed by atoms with Crippen LogP contribution in [0.3, 0.4) is 0 Å². The van der Waals surface area contributed by atoms with E-state index in [9.17, 15) is 8.42 Å². The van der Waals surface area contributed by atoms with E-state index in [0.717, 1.165) is 0 Å². The van der Waals surface area contributed by atoms with Gasteiger partial charge in [0.2, 0.25) is 0 Å². The Bertz CT molecular complexity index is 306. The first-order valence-corrected chi connectivity index (χ1v) is 6.00. The smallest absolute Gasteiger partial charge is 0.153 e. The van der Waals surface area contributed by atoms with Crippen LogP contribution in [-0.2, 0) is 9.84 Å². The lowest BCUT2D eigenvalue weighted by Crippen LogP contribution is -2.41. The van der Waals surface area contributed by atoms with E-state index in [2.05, 4.69) is 17.2 Å². The summed E-state index contributed by atoms with van der Waals surface area (Å²) in [6, 6.07) is 0. The van der Waals surface area contributed by atoms with Crippen LogP contribution in [0.15, 0.2) is 0 Å². The Labute approximate surface area is 80.8 Å². The highest BCUT2D eigenvalue weighted by molar-refractivity contribution is 7.92. The molecule has 13 heavy (non-hydrogen) atoms. The average molecular weight is 203 g/mol. The molecule has 0 amide bonds. The van der Waals surface area contributed by atoms with Crippen LogP contribution in [0.5, 0.6) is 0 Å². The summed E-state index contributed by atoms with van der Waals surface area (Å²) in [7, 11) is -3.00. The minimum Gasteiger partial charge on any atom is -0.305 e. The van der Waals surface area contributed by atoms with E-state index in [1.54, 1.807) is 20.8 Å². The standard InChI is InChI=1S/C9H17NO2S/c1-5-6-7-10-8-9(2,3)13(4,11)12/h10H,7-8H2,1-4H3. The lowest BCUT2D eigenvalue weighted by Gasteiger charge is -2.22. The van der Waals surface area contributed by atoms with E-state index in [1.807, 2.05) is 0 Å². The van der Waals surface area contributed by atoms with Gasteiger partial charge in [-0.2, -0.15) is 0 Å². The van der Waals surface area contributed by atoms with Crippen LogP contribution < -0.4 is 5.32 Å². The van der Waals surface area contributed by atoms with Gasteiger partial charge < -0.3 is 5.32 Å². The van der Waals surface area contributed by atoms with Gasteiger partial charge in [-0.25, -0.2) is 8.42 Å². The van der Waals surface area contributed by atoms with Crippen molar-refractivity contribution in [2.75, 3.05) is 19.3 Å². The molecule has 0 aromatic carbocycles. The quantitative estimate of drug-likeness (QED) is 0.532. The van der Waals surface area contributed by atoms with Gasteiger partial charge in [0.05, 0.1) is 11.3 Å². The fourth-order valence-corrected chi connectivity index (χ4v) is 1.01. The molecule has 0 saturated carbocycles. The molecule has 3 nitrogen and oxygen atoms in total. The fourth-order valence-electron chi connectivity index (χ4n) is 0.646. The lowest BCUT2D eigenvalue weighted by molar-refractivity contribution is 0.533. The highest BCUT2D eigenvalue weighted by Crippen LogP contribution is 2.12. The molecule has 0 aliphatic rings. The molecule has 0 radical (unpaired) electrons. The molecule has 0 aliphatic heterocycles. The molecule has 0 aromatic rings. The van der Waals surface area contributed by atoms with Crippen molar-refractivity contribution in [3.05, 3.63) is 0 Å². The minimum absolute atomic E-state index is 0.431. The van der Waals surface area contributed by atoms with Gasteiger partial charge in [0, 0.05) is 12.8 Å². The predicted octanol–water partition coefficient (Wildman–Crippen LogP) is 0.423. The Morgan fingerprint density at radius 3 is 2.31 bits per heavy atom. The summed E-state index contributed by atoms with van der Waals surface area (Å²) in [5.41, 5.74) is 0. The maximum absolute atomic E-state index is 11.2. The first kappa shape index (κ1) is 12.5. The van der Waals surface area contributed by atoms with E-state index in [1.165, 1.54) is 6.26 Å². The molecule has 0 aliphatic carbocycles. The summed E-state index contributed by atoms with van der Waals surface area (Å²) in [4.78, 5) is 0. The summed E-state index contributed by atoms with van der Waals surface area (Å²) in [5, 5.41) is 2.98. The zero-order valence-electron chi connectivity index (χ0n) is 8.64. The Balaban J connectivity index is 4.10. The molecule has 0 aromatic heterocycles. The SMILES string of the molecule is CC#CCNCC(C)(C)S(C)(=O)=O. The van der Waals surface area contributed by atoms with Gasteiger partial charge in [-0.15, -0.1) is 5.92 Å². The first-order valence-electron chi connectivity index (χ1n) is 4.11. The zero-order chi connectivity index (χ0) is 10.5. The van der Waals surface area contributed by atoms with Crippen LogP contribution in [0, 0.1) is 11.8 Å². The maximum atomic E-state index is 11.2. The Hall–Kier alpha value is -0.530. The van der Waals surface area contributed by atoms with E-state index in [0.29, 0.717) is 13.1 Å². The Kier molecular flexibility index (Phi) is 4.45. The average Bonchev–Trinajstić information content (AvgIpc) is 1.96. The van der Waals surface area contributed by atoms with Gasteiger partial charge in [-0.3, -0.25) is 0 Å². The number of hydrogen-bond acceptors (Lipinski definition) is 3. The van der Waals surface area contributed by atoms with Gasteiger partial charge >= 0.3 is 0 Å². The zero-order valence-corrected chi connectivity index (χ0v) is 9.46. The highest BCUT2D eigenvalue weighted by Gasteiger charge is 2.29. The lowest BCUT2D eigenvalue weighted by atomic mass is 10.2. The molecular weight excluding hydrogens is 186 g/mol. The third-order valence-corrected chi connectivity index (χ3v) is 4.10. The molecule has 0 fully saturated rings. The predicted molar refractivity (Wildman–Crippen MR) is 55.2 cm³/mol. The van der Waals surface area contributed by atoms with E-state index in [4.69, 9.17) is 0 Å². The number of hydrogen-bond donors (Lipinski definition) is 1. The van der Waals surface area contributed by atoms with Crippen LogP contribution >= 0.6 is 0 Å². The molecule has 0 atom stereocenters. The van der Waals surface area contributed by atoms with Gasteiger partial charge in [-0.1, -0.05) is 5.92 Å². The van der Waals surface area contributed by atoms with Crippen molar-refractivity contribution in [2.24, 2.45) is 0 Å². The topological polar surface area (TPSA) is 46.2 Å². The second-order valence-electron chi connectivity index (χ2n) is 3.56. The first-order chi connectivity index (χ1) is 5.81. The van der Waals surface area contributed by atoms with Crippen molar-refractivity contribution in [3.8, 4) is 11.8 Å². The Morgan fingerprint density at radius 2 is 1.92 bits per heavy atom. The van der Waals surface area contributed by atoms with Crippen LogP contribution in [0.1, 0.15) is 20.8 Å². The van der Waals surface area contributed by atoms with Crippen LogP contribution in [0.25, 0.3) is 0 Å². The molecular formula is C9H17NO2S. The van der Waals surface area contributed by atoms with Gasteiger partial charge in [0.1, 0.15) is 0 Å². The molecule has 0 saturated heterocycles. The van der Waals surface area contributed by atoms with Crippen molar-refractivity contribution in [3.63, 3.8) is 0 Å². The molecule has 0 spiro atoms. The number of nitrogens with one attached hydrogen (secondary N) is 1. The van der Waals surface area contributed by atoms with Crippen molar-refractivity contribution < 1.29 is 8.42 Å². The molecule has 1 N–H and O–H groups in total. The van der Waals surface area contributed by atoms with E-state index >= 15 is 0 Å². The third kappa shape index (κ3) is 4.30. The van der Waals surface area contributed by atoms with Gasteiger partial charge in [0.15, 0.2) is 9.84 Å². The molecule has 76 valence electrons. The fraction of sp³-hybridized carbons (Fsp3) is 0.778. The second kappa shape index (κ2) is 4.64. The number of sulfone groups is 1. The maximum Gasteiger partial charge on any atom is 0.153 e. The largest absolute Gasteiger partial charge is 0.305 e. The van der Waals surface area contributed by atoms with Crippen molar-refractivity contribution in [1.29, 1.82) is 0 Å². The van der Waals surface area contributed by atoms with Crippen LogP contribution in [-0.4, -0.2) is 32.5 Å². The number of rotatable bonds is 4. The molecule has 0 bridgehead atoms. The van der Waals surface area contributed by atoms with Crippen LogP contribution in [0.4, 0.5) is 0 Å². The van der Waals surface area contributed by atoms with E-state index in [-0.39, 0.29) is 0 Å². The highest BCUT2D eigenvalue weighted by atomic mass is 32.2. The van der Waals surface area contributed by atoms with Gasteiger partial charge in [-0.05, 0) is 20.8 Å². The Morgan fingerprint density at radius 1 is 1.38 bits per heavy atom. The van der Waals surface area contributed by atoms with Crippen molar-refractivity contribution >= 4 is 9.84 Å². The van der Waals surface area contributed by atoms with Crippen molar-refractivity contribution in [1.82, 2.24) is 5.32 Å². The van der Waals surface area contributed by atoms with Gasteiger partial charge in [0.25, 0.3) is 0 Å². The molecule has 4 heteroatoms. The second-order valence-corrected chi connectivity index (χ2v) is 6.21. The summed E-state index contributed by atoms with van der Waals surface area (Å²) in [5.74, 6) is 5.55. The summed E-state index contributed by atoms with van der Waals surface area (Å²) >= 11 is 0.